The highest BCUT2D eigenvalue weighted by Crippen LogP contribution is 2.27. The van der Waals surface area contributed by atoms with E-state index in [1.165, 1.54) is 12.1 Å². The molecule has 2 N–H and O–H groups in total. The quantitative estimate of drug-likeness (QED) is 0.477. The molecular formula is C25H30F2N2O5. The number of nitrogens with zero attached hydrogens (tertiary/aromatic N) is 1. The van der Waals surface area contributed by atoms with Crippen molar-refractivity contribution < 1.29 is 33.0 Å². The number of aliphatic hydroxyl groups is 1. The highest BCUT2D eigenvalue weighted by atomic mass is 19.3. The number of alkyl halides is 2. The van der Waals surface area contributed by atoms with Gasteiger partial charge in [-0.25, -0.2) is 4.79 Å². The van der Waals surface area contributed by atoms with Gasteiger partial charge in [0, 0.05) is 0 Å². The Bertz CT molecular complexity index is 999. The average molecular weight is 477 g/mol. The van der Waals surface area contributed by atoms with Gasteiger partial charge in [0.2, 0.25) is 0 Å². The molecule has 1 heterocycles. The number of ether oxygens (including phenoxy) is 2. The van der Waals surface area contributed by atoms with E-state index in [1.54, 1.807) is 19.1 Å². The summed E-state index contributed by atoms with van der Waals surface area (Å²) in [6.07, 6.45) is -0.319. The molecule has 2 aromatic carbocycles. The van der Waals surface area contributed by atoms with E-state index in [1.807, 2.05) is 38.1 Å². The highest BCUT2D eigenvalue weighted by molar-refractivity contribution is 6.06. The zero-order valence-electron chi connectivity index (χ0n) is 19.5. The van der Waals surface area contributed by atoms with Gasteiger partial charge in [0.25, 0.3) is 5.91 Å². The summed E-state index contributed by atoms with van der Waals surface area (Å²) in [6.45, 7) is 2.56. The lowest BCUT2D eigenvalue weighted by atomic mass is 9.93. The third kappa shape index (κ3) is 6.22. The summed E-state index contributed by atoms with van der Waals surface area (Å²) >= 11 is 0. The van der Waals surface area contributed by atoms with Gasteiger partial charge in [0.15, 0.2) is 0 Å². The fourth-order valence-electron chi connectivity index (χ4n) is 3.85. The van der Waals surface area contributed by atoms with Gasteiger partial charge in [-0.2, -0.15) is 8.78 Å². The number of carbonyl (C=O) groups is 2. The Morgan fingerprint density at radius 3 is 2.41 bits per heavy atom. The van der Waals surface area contributed by atoms with Crippen LogP contribution in [0.3, 0.4) is 0 Å². The third-order valence-corrected chi connectivity index (χ3v) is 5.77. The van der Waals surface area contributed by atoms with E-state index in [2.05, 4.69) is 10.1 Å². The van der Waals surface area contributed by atoms with Crippen molar-refractivity contribution in [3.05, 3.63) is 59.7 Å². The van der Waals surface area contributed by atoms with Gasteiger partial charge in [0.05, 0.1) is 6.54 Å². The molecule has 0 radical (unpaired) electrons. The van der Waals surface area contributed by atoms with Crippen LogP contribution in [0.5, 0.6) is 11.5 Å². The number of aliphatic hydroxyl groups excluding tert-OH is 1. The second-order valence-electron chi connectivity index (χ2n) is 8.86. The number of hydrogen-bond donors (Lipinski definition) is 2. The maximum Gasteiger partial charge on any atom is 0.387 e. The molecule has 1 aliphatic heterocycles. The van der Waals surface area contributed by atoms with E-state index >= 15 is 0 Å². The molecule has 1 aliphatic rings. The summed E-state index contributed by atoms with van der Waals surface area (Å²) in [5.41, 5.74) is 0.673. The summed E-state index contributed by atoms with van der Waals surface area (Å²) in [4.78, 5) is 26.4. The lowest BCUT2D eigenvalue weighted by Gasteiger charge is -2.23. The van der Waals surface area contributed by atoms with Gasteiger partial charge in [-0.3, -0.25) is 9.69 Å². The normalized spacial score (nSPS) is 19.0. The molecular weight excluding hydrogens is 446 g/mol. The first kappa shape index (κ1) is 25.4. The van der Waals surface area contributed by atoms with E-state index in [-0.39, 0.29) is 24.8 Å². The molecule has 2 aromatic rings. The molecule has 0 unspecified atom stereocenters. The van der Waals surface area contributed by atoms with Crippen LogP contribution in [-0.2, 0) is 11.2 Å². The molecule has 34 heavy (non-hydrogen) atoms. The number of carbonyl (C=O) groups excluding carboxylic acids is 2. The summed E-state index contributed by atoms with van der Waals surface area (Å²) in [7, 11) is 0. The lowest BCUT2D eigenvalue weighted by molar-refractivity contribution is -0.132. The molecule has 184 valence electrons. The number of urea groups is 1. The van der Waals surface area contributed by atoms with E-state index in [0.717, 1.165) is 16.0 Å². The molecule has 3 amide bonds. The van der Waals surface area contributed by atoms with E-state index in [4.69, 9.17) is 4.74 Å². The zero-order chi connectivity index (χ0) is 24.9. The van der Waals surface area contributed by atoms with Crippen LogP contribution in [0, 0.1) is 0 Å². The summed E-state index contributed by atoms with van der Waals surface area (Å²) in [5, 5.41) is 13.1. The zero-order valence-corrected chi connectivity index (χ0v) is 19.5. The number of β-amino-alcohol motifs (C(OH)–C–C–N with tert-alkyl or cyclic N) is 1. The Labute approximate surface area is 197 Å². The number of para-hydroxylation sites is 1. The van der Waals surface area contributed by atoms with Crippen LogP contribution < -0.4 is 14.8 Å². The molecule has 1 saturated heterocycles. The van der Waals surface area contributed by atoms with Crippen LogP contribution in [0.2, 0.25) is 0 Å². The lowest BCUT2D eigenvalue weighted by Crippen LogP contribution is -2.45. The molecule has 0 aromatic heterocycles. The summed E-state index contributed by atoms with van der Waals surface area (Å²) in [5.74, 6) is 0.516. The largest absolute Gasteiger partial charge is 0.491 e. The number of halogens is 2. The fourth-order valence-corrected chi connectivity index (χ4v) is 3.85. The number of hydrogen-bond acceptors (Lipinski definition) is 5. The molecule has 0 saturated carbocycles. The monoisotopic (exact) mass is 476 g/mol. The van der Waals surface area contributed by atoms with Gasteiger partial charge in [-0.15, -0.1) is 0 Å². The van der Waals surface area contributed by atoms with Gasteiger partial charge >= 0.3 is 12.6 Å². The van der Waals surface area contributed by atoms with Crippen LogP contribution in [0.1, 0.15) is 44.2 Å². The van der Waals surface area contributed by atoms with Crippen molar-refractivity contribution in [2.45, 2.75) is 57.8 Å². The molecule has 2 atom stereocenters. The van der Waals surface area contributed by atoms with Crippen molar-refractivity contribution in [2.24, 2.45) is 0 Å². The third-order valence-electron chi connectivity index (χ3n) is 5.77. The summed E-state index contributed by atoms with van der Waals surface area (Å²) < 4.78 is 34.7. The SMILES string of the molecule is CC(C)c1ccccc1OC[C@@H](O)CN1C(=O)N[C@](C)(CCc2ccc(OC(F)F)cc2)C1=O. The van der Waals surface area contributed by atoms with E-state index < -0.39 is 30.2 Å². The standard InChI is InChI=1S/C25H30F2N2O5/c1-16(2)20-6-4-5-7-21(20)33-15-18(30)14-29-22(31)25(3,28-24(29)32)13-12-17-8-10-19(11-9-17)34-23(26)27/h4-11,16,18,23,30H,12-15H2,1-3H3,(H,28,32)/t18-,25+/m0/s1. The van der Waals surface area contributed by atoms with Crippen molar-refractivity contribution in [3.8, 4) is 11.5 Å². The first-order chi connectivity index (χ1) is 16.1. The van der Waals surface area contributed by atoms with Crippen LogP contribution in [0.4, 0.5) is 13.6 Å². The minimum absolute atomic E-state index is 0.0496. The smallest absolute Gasteiger partial charge is 0.387 e. The first-order valence-electron chi connectivity index (χ1n) is 11.2. The van der Waals surface area contributed by atoms with Crippen molar-refractivity contribution in [3.63, 3.8) is 0 Å². The van der Waals surface area contributed by atoms with Gasteiger partial charge in [-0.1, -0.05) is 44.2 Å². The number of amides is 3. The van der Waals surface area contributed by atoms with Crippen LogP contribution in [0.15, 0.2) is 48.5 Å². The maximum atomic E-state index is 13.0. The molecule has 3 rings (SSSR count). The highest BCUT2D eigenvalue weighted by Gasteiger charge is 2.47. The minimum atomic E-state index is -2.90. The summed E-state index contributed by atoms with van der Waals surface area (Å²) in [6, 6.07) is 13.1. The second-order valence-corrected chi connectivity index (χ2v) is 8.86. The van der Waals surface area contributed by atoms with Gasteiger partial charge in [-0.05, 0) is 55.0 Å². The molecule has 0 bridgehead atoms. The van der Waals surface area contributed by atoms with Crippen molar-refractivity contribution in [1.29, 1.82) is 0 Å². The Morgan fingerprint density at radius 1 is 1.09 bits per heavy atom. The van der Waals surface area contributed by atoms with Crippen molar-refractivity contribution in [2.75, 3.05) is 13.2 Å². The van der Waals surface area contributed by atoms with Crippen LogP contribution in [-0.4, -0.2) is 53.4 Å². The Hall–Kier alpha value is -3.20. The Morgan fingerprint density at radius 2 is 1.76 bits per heavy atom. The first-order valence-corrected chi connectivity index (χ1v) is 11.2. The van der Waals surface area contributed by atoms with Gasteiger partial charge < -0.3 is 19.9 Å². The predicted octanol–water partition coefficient (Wildman–Crippen LogP) is 4.09. The minimum Gasteiger partial charge on any atom is -0.491 e. The molecule has 0 spiro atoms. The van der Waals surface area contributed by atoms with Crippen molar-refractivity contribution in [1.82, 2.24) is 10.2 Å². The van der Waals surface area contributed by atoms with E-state index in [9.17, 15) is 23.5 Å². The average Bonchev–Trinajstić information content (AvgIpc) is 3.00. The van der Waals surface area contributed by atoms with Gasteiger partial charge in [0.1, 0.15) is 29.7 Å². The molecule has 1 fully saturated rings. The maximum absolute atomic E-state index is 13.0. The molecule has 7 nitrogen and oxygen atoms in total. The molecule has 9 heteroatoms. The Kier molecular flexibility index (Phi) is 8.09. The van der Waals surface area contributed by atoms with Crippen molar-refractivity contribution >= 4 is 11.9 Å². The number of benzene rings is 2. The number of rotatable bonds is 11. The second kappa shape index (κ2) is 10.8. The van der Waals surface area contributed by atoms with Crippen LogP contribution >= 0.6 is 0 Å². The number of imide groups is 1. The molecule has 0 aliphatic carbocycles. The Balaban J connectivity index is 1.55. The number of nitrogens with one attached hydrogen (secondary N) is 1. The fraction of sp³-hybridized carbons (Fsp3) is 0.440. The predicted molar refractivity (Wildman–Crippen MR) is 122 cm³/mol. The van der Waals surface area contributed by atoms with Crippen LogP contribution in [0.25, 0.3) is 0 Å². The number of aryl methyl sites for hydroxylation is 1. The topological polar surface area (TPSA) is 88.1 Å². The van der Waals surface area contributed by atoms with E-state index in [0.29, 0.717) is 18.6 Å².